The van der Waals surface area contributed by atoms with Crippen molar-refractivity contribution in [2.45, 2.75) is 37.3 Å². The Hall–Kier alpha value is -2.46. The van der Waals surface area contributed by atoms with Crippen LogP contribution in [0.15, 0.2) is 72.8 Å². The lowest BCUT2D eigenvalue weighted by atomic mass is 9.66. The molecule has 0 spiro atoms. The first-order valence-corrected chi connectivity index (χ1v) is 10.7. The van der Waals surface area contributed by atoms with Gasteiger partial charge in [-0.05, 0) is 46.2 Å². The Morgan fingerprint density at radius 1 is 0.867 bits per heavy atom. The van der Waals surface area contributed by atoms with Crippen molar-refractivity contribution < 1.29 is 14.2 Å². The molecule has 0 radical (unpaired) electrons. The summed E-state index contributed by atoms with van der Waals surface area (Å²) in [5.41, 5.74) is 3.73. The van der Waals surface area contributed by atoms with Gasteiger partial charge < -0.3 is 14.2 Å². The Balaban J connectivity index is 1.55. The summed E-state index contributed by atoms with van der Waals surface area (Å²) in [7, 11) is 3.51. The van der Waals surface area contributed by atoms with E-state index in [1.54, 1.807) is 14.2 Å². The highest BCUT2D eigenvalue weighted by atomic mass is 16.7. The topological polar surface area (TPSA) is 27.7 Å². The summed E-state index contributed by atoms with van der Waals surface area (Å²) < 4.78 is 18.8. The Morgan fingerprint density at radius 3 is 2.43 bits per heavy atom. The molecule has 0 amide bonds. The highest BCUT2D eigenvalue weighted by Gasteiger charge is 2.55. The number of hydrogen-bond acceptors (Lipinski definition) is 3. The largest absolute Gasteiger partial charge is 0.368 e. The maximum Gasteiger partial charge on any atom is 0.201 e. The molecule has 0 aromatic heterocycles. The van der Waals surface area contributed by atoms with Crippen molar-refractivity contribution in [1.29, 1.82) is 0 Å². The van der Waals surface area contributed by atoms with Crippen molar-refractivity contribution in [3.8, 4) is 0 Å². The average Bonchev–Trinajstić information content (AvgIpc) is 2.82. The highest BCUT2D eigenvalue weighted by Crippen LogP contribution is 2.52. The zero-order chi connectivity index (χ0) is 20.6. The van der Waals surface area contributed by atoms with Crippen molar-refractivity contribution in [3.05, 3.63) is 89.5 Å². The SMILES string of the molecule is COC1(OC)C2c3ccc4ccccc4c3C=CC2CC[C@@H]1OCc1ccccc1. The van der Waals surface area contributed by atoms with Gasteiger partial charge in [0.25, 0.3) is 0 Å². The van der Waals surface area contributed by atoms with E-state index in [-0.39, 0.29) is 12.0 Å². The molecular formula is C27H28O3. The maximum absolute atomic E-state index is 6.44. The van der Waals surface area contributed by atoms with Crippen LogP contribution in [0, 0.1) is 5.92 Å². The third-order valence-electron chi connectivity index (χ3n) is 6.85. The molecule has 30 heavy (non-hydrogen) atoms. The Kier molecular flexibility index (Phi) is 5.20. The highest BCUT2D eigenvalue weighted by molar-refractivity contribution is 5.92. The summed E-state index contributed by atoms with van der Waals surface area (Å²) in [6.45, 7) is 0.553. The molecule has 3 atom stereocenters. The summed E-state index contributed by atoms with van der Waals surface area (Å²) in [5, 5.41) is 2.53. The first-order chi connectivity index (χ1) is 14.8. The van der Waals surface area contributed by atoms with E-state index in [1.807, 2.05) is 18.2 Å². The molecule has 2 aliphatic rings. The van der Waals surface area contributed by atoms with Gasteiger partial charge in [0.05, 0.1) is 6.61 Å². The molecule has 3 nitrogen and oxygen atoms in total. The summed E-state index contributed by atoms with van der Waals surface area (Å²) in [4.78, 5) is 0. The van der Waals surface area contributed by atoms with E-state index in [2.05, 4.69) is 60.7 Å². The van der Waals surface area contributed by atoms with Crippen LogP contribution in [-0.2, 0) is 20.8 Å². The molecule has 154 valence electrons. The molecule has 3 heteroatoms. The van der Waals surface area contributed by atoms with Crippen LogP contribution in [0.5, 0.6) is 0 Å². The van der Waals surface area contributed by atoms with Gasteiger partial charge >= 0.3 is 0 Å². The van der Waals surface area contributed by atoms with E-state index >= 15 is 0 Å². The molecule has 0 N–H and O–H groups in total. The lowest BCUT2D eigenvalue weighted by molar-refractivity contribution is -0.300. The van der Waals surface area contributed by atoms with Gasteiger partial charge in [-0.2, -0.15) is 0 Å². The molecule has 0 aliphatic heterocycles. The van der Waals surface area contributed by atoms with Crippen LogP contribution in [-0.4, -0.2) is 26.1 Å². The number of allylic oxidation sites excluding steroid dienone is 1. The van der Waals surface area contributed by atoms with Crippen LogP contribution in [0.1, 0.15) is 35.4 Å². The van der Waals surface area contributed by atoms with Gasteiger partial charge in [0.1, 0.15) is 6.10 Å². The molecule has 1 saturated carbocycles. The predicted molar refractivity (Wildman–Crippen MR) is 120 cm³/mol. The molecule has 3 aromatic carbocycles. The minimum atomic E-state index is -0.820. The van der Waals surface area contributed by atoms with E-state index in [1.165, 1.54) is 21.9 Å². The zero-order valence-corrected chi connectivity index (χ0v) is 17.6. The van der Waals surface area contributed by atoms with Crippen LogP contribution in [0.25, 0.3) is 16.8 Å². The fraction of sp³-hybridized carbons (Fsp3) is 0.333. The van der Waals surface area contributed by atoms with Crippen LogP contribution in [0.2, 0.25) is 0 Å². The fourth-order valence-corrected chi connectivity index (χ4v) is 5.43. The summed E-state index contributed by atoms with van der Waals surface area (Å²) in [6, 6.07) is 23.3. The van der Waals surface area contributed by atoms with Crippen molar-refractivity contribution in [2.75, 3.05) is 14.2 Å². The third kappa shape index (κ3) is 3.09. The predicted octanol–water partition coefficient (Wildman–Crippen LogP) is 5.93. The van der Waals surface area contributed by atoms with E-state index in [0.29, 0.717) is 12.5 Å². The third-order valence-corrected chi connectivity index (χ3v) is 6.85. The smallest absolute Gasteiger partial charge is 0.201 e. The lowest BCUT2D eigenvalue weighted by Gasteiger charge is -2.51. The van der Waals surface area contributed by atoms with Crippen molar-refractivity contribution in [3.63, 3.8) is 0 Å². The van der Waals surface area contributed by atoms with Crippen LogP contribution >= 0.6 is 0 Å². The number of fused-ring (bicyclic) bond motifs is 5. The van der Waals surface area contributed by atoms with Gasteiger partial charge in [0.15, 0.2) is 0 Å². The summed E-state index contributed by atoms with van der Waals surface area (Å²) in [6.07, 6.45) is 6.46. The van der Waals surface area contributed by atoms with Crippen molar-refractivity contribution in [1.82, 2.24) is 0 Å². The number of hydrogen-bond donors (Lipinski definition) is 0. The molecule has 1 fully saturated rings. The average molecular weight is 401 g/mol. The Bertz CT molecular complexity index is 1050. The van der Waals surface area contributed by atoms with Gasteiger partial charge in [0, 0.05) is 20.1 Å². The Morgan fingerprint density at radius 2 is 1.63 bits per heavy atom. The minimum Gasteiger partial charge on any atom is -0.368 e. The second-order valence-corrected chi connectivity index (χ2v) is 8.28. The summed E-state index contributed by atoms with van der Waals surface area (Å²) in [5.74, 6) is -0.360. The maximum atomic E-state index is 6.44. The van der Waals surface area contributed by atoms with E-state index in [0.717, 1.165) is 18.4 Å². The number of ether oxygens (including phenoxy) is 3. The van der Waals surface area contributed by atoms with Crippen LogP contribution in [0.3, 0.4) is 0 Å². The number of rotatable bonds is 5. The second kappa shape index (κ2) is 7.99. The fourth-order valence-electron chi connectivity index (χ4n) is 5.43. The molecular weight excluding hydrogens is 372 g/mol. The van der Waals surface area contributed by atoms with Crippen molar-refractivity contribution >= 4 is 16.8 Å². The van der Waals surface area contributed by atoms with Gasteiger partial charge in [-0.15, -0.1) is 0 Å². The van der Waals surface area contributed by atoms with Gasteiger partial charge in [-0.25, -0.2) is 0 Å². The quantitative estimate of drug-likeness (QED) is 0.497. The standard InChI is InChI=1S/C27H28O3/c1-28-27(29-2)25(30-18-19-8-4-3-5-9-19)17-14-21-13-15-23-22-11-7-6-10-20(22)12-16-24(23)26(21)27/h3-13,15-16,21,25-26H,14,17-18H2,1-2H3/t21?,25-,26?/m0/s1. The van der Waals surface area contributed by atoms with E-state index in [4.69, 9.17) is 14.2 Å². The van der Waals surface area contributed by atoms with Gasteiger partial charge in [0.2, 0.25) is 5.79 Å². The van der Waals surface area contributed by atoms with Crippen LogP contribution in [0.4, 0.5) is 0 Å². The zero-order valence-electron chi connectivity index (χ0n) is 17.6. The first kappa shape index (κ1) is 19.5. The monoisotopic (exact) mass is 400 g/mol. The van der Waals surface area contributed by atoms with E-state index < -0.39 is 5.79 Å². The normalized spacial score (nSPS) is 24.4. The molecule has 3 aromatic rings. The molecule has 5 rings (SSSR count). The molecule has 0 bridgehead atoms. The summed E-state index contributed by atoms with van der Waals surface area (Å²) >= 11 is 0. The molecule has 2 aliphatic carbocycles. The molecule has 0 saturated heterocycles. The lowest BCUT2D eigenvalue weighted by Crippen LogP contribution is -2.57. The van der Waals surface area contributed by atoms with E-state index in [9.17, 15) is 0 Å². The van der Waals surface area contributed by atoms with Gasteiger partial charge in [-0.3, -0.25) is 0 Å². The number of benzene rings is 3. The number of methoxy groups -OCH3 is 2. The minimum absolute atomic E-state index is 0.0895. The van der Waals surface area contributed by atoms with Crippen LogP contribution < -0.4 is 0 Å². The second-order valence-electron chi connectivity index (χ2n) is 8.28. The molecule has 0 heterocycles. The molecule has 2 unspecified atom stereocenters. The Labute approximate surface area is 178 Å². The van der Waals surface area contributed by atoms with Crippen molar-refractivity contribution in [2.24, 2.45) is 5.92 Å². The first-order valence-electron chi connectivity index (χ1n) is 10.7. The van der Waals surface area contributed by atoms with Gasteiger partial charge in [-0.1, -0.05) is 78.9 Å².